The van der Waals surface area contributed by atoms with Crippen LogP contribution in [0.5, 0.6) is 0 Å². The molecule has 1 aliphatic rings. The Morgan fingerprint density at radius 3 is 2.50 bits per heavy atom. The molecule has 1 aromatic heterocycles. The van der Waals surface area contributed by atoms with E-state index in [9.17, 15) is 17.6 Å². The Labute approximate surface area is 129 Å². The average Bonchev–Trinajstić information content (AvgIpc) is 2.86. The summed E-state index contributed by atoms with van der Waals surface area (Å²) in [6, 6.07) is 5.50. The molecular formula is C13H13ClF4N4. The fraction of sp³-hybridized carbons (Fsp3) is 0.385. The Kier molecular flexibility index (Phi) is 4.72. The molecule has 1 unspecified atom stereocenters. The lowest BCUT2D eigenvalue weighted by Gasteiger charge is -2.25. The third-order valence-corrected chi connectivity index (χ3v) is 3.42. The minimum atomic E-state index is -4.51. The molecule has 1 atom stereocenters. The first-order valence-corrected chi connectivity index (χ1v) is 6.43. The maximum atomic E-state index is 12.9. The molecule has 0 aliphatic carbocycles. The predicted octanol–water partition coefficient (Wildman–Crippen LogP) is 2.74. The zero-order chi connectivity index (χ0) is 15.0. The van der Waals surface area contributed by atoms with Crippen molar-refractivity contribution < 1.29 is 17.6 Å². The summed E-state index contributed by atoms with van der Waals surface area (Å²) in [4.78, 5) is 0. The Bertz CT molecular complexity index is 638. The molecule has 2 aromatic rings. The van der Waals surface area contributed by atoms with Crippen molar-refractivity contribution in [1.29, 1.82) is 0 Å². The van der Waals surface area contributed by atoms with Crippen molar-refractivity contribution in [1.82, 2.24) is 20.1 Å². The molecule has 0 amide bonds. The summed E-state index contributed by atoms with van der Waals surface area (Å²) in [5.41, 5.74) is 0.818. The van der Waals surface area contributed by atoms with E-state index in [4.69, 9.17) is 0 Å². The van der Waals surface area contributed by atoms with Crippen molar-refractivity contribution in [3.8, 4) is 0 Å². The largest absolute Gasteiger partial charge is 0.451 e. The van der Waals surface area contributed by atoms with Crippen LogP contribution in [0.2, 0.25) is 0 Å². The van der Waals surface area contributed by atoms with Crippen molar-refractivity contribution in [3.63, 3.8) is 0 Å². The summed E-state index contributed by atoms with van der Waals surface area (Å²) in [5, 5.41) is 10.1. The molecule has 0 radical (unpaired) electrons. The van der Waals surface area contributed by atoms with Gasteiger partial charge in [-0.15, -0.1) is 22.6 Å². The van der Waals surface area contributed by atoms with Crippen molar-refractivity contribution in [2.75, 3.05) is 6.54 Å². The van der Waals surface area contributed by atoms with Crippen LogP contribution in [0.3, 0.4) is 0 Å². The summed E-state index contributed by atoms with van der Waals surface area (Å²) in [7, 11) is 0. The van der Waals surface area contributed by atoms with Gasteiger partial charge in [0.1, 0.15) is 5.82 Å². The molecule has 9 heteroatoms. The zero-order valence-electron chi connectivity index (χ0n) is 11.3. The Balaban J connectivity index is 0.00000176. The first-order valence-electron chi connectivity index (χ1n) is 6.43. The predicted molar refractivity (Wildman–Crippen MR) is 73.1 cm³/mol. The van der Waals surface area contributed by atoms with Crippen molar-refractivity contribution in [2.45, 2.75) is 25.2 Å². The molecule has 1 aliphatic heterocycles. The van der Waals surface area contributed by atoms with E-state index in [1.54, 1.807) is 12.1 Å². The van der Waals surface area contributed by atoms with Crippen molar-refractivity contribution in [2.24, 2.45) is 0 Å². The molecule has 0 saturated carbocycles. The number of halogens is 5. The minimum absolute atomic E-state index is 0. The highest BCUT2D eigenvalue weighted by Crippen LogP contribution is 2.31. The van der Waals surface area contributed by atoms with Crippen LogP contribution in [0.1, 0.15) is 23.3 Å². The molecule has 3 rings (SSSR count). The van der Waals surface area contributed by atoms with Gasteiger partial charge in [0.2, 0.25) is 5.82 Å². The maximum Gasteiger partial charge on any atom is 0.451 e. The number of hydrogen-bond acceptors (Lipinski definition) is 3. The van der Waals surface area contributed by atoms with E-state index in [2.05, 4.69) is 15.5 Å². The highest BCUT2D eigenvalue weighted by atomic mass is 35.5. The molecule has 0 spiro atoms. The third-order valence-electron chi connectivity index (χ3n) is 3.42. The first-order chi connectivity index (χ1) is 9.95. The standard InChI is InChI=1S/C13H12F4N4.ClH/c14-9-3-1-8(2-4-9)7-10-11-19-20-12(13(15,16)17)21(11)6-5-18-10;/h1-4,10,18H,5-7H2;1H. The van der Waals surface area contributed by atoms with Crippen LogP contribution in [-0.2, 0) is 19.1 Å². The normalized spacial score (nSPS) is 17.7. The quantitative estimate of drug-likeness (QED) is 0.858. The van der Waals surface area contributed by atoms with Crippen LogP contribution in [0.15, 0.2) is 24.3 Å². The summed E-state index contributed by atoms with van der Waals surface area (Å²) in [6.45, 7) is 0.580. The van der Waals surface area contributed by atoms with E-state index in [0.29, 0.717) is 13.0 Å². The van der Waals surface area contributed by atoms with E-state index in [0.717, 1.165) is 10.1 Å². The van der Waals surface area contributed by atoms with Crippen molar-refractivity contribution in [3.05, 3.63) is 47.3 Å². The lowest BCUT2D eigenvalue weighted by atomic mass is 10.0. The van der Waals surface area contributed by atoms with Gasteiger partial charge in [0, 0.05) is 13.1 Å². The van der Waals surface area contributed by atoms with Gasteiger partial charge in [-0.05, 0) is 24.1 Å². The first kappa shape index (κ1) is 16.7. The zero-order valence-corrected chi connectivity index (χ0v) is 12.1. The van der Waals surface area contributed by atoms with E-state index in [1.165, 1.54) is 12.1 Å². The van der Waals surface area contributed by atoms with Crippen LogP contribution in [0.25, 0.3) is 0 Å². The van der Waals surface area contributed by atoms with Crippen LogP contribution in [0, 0.1) is 5.82 Å². The summed E-state index contributed by atoms with van der Waals surface area (Å²) < 4.78 is 52.4. The molecule has 1 N–H and O–H groups in total. The van der Waals surface area contributed by atoms with Crippen LogP contribution in [0.4, 0.5) is 17.6 Å². The molecular weight excluding hydrogens is 324 g/mol. The molecule has 22 heavy (non-hydrogen) atoms. The smallest absolute Gasteiger partial charge is 0.305 e. The number of hydrogen-bond donors (Lipinski definition) is 1. The average molecular weight is 337 g/mol. The second kappa shape index (κ2) is 6.21. The molecule has 4 nitrogen and oxygen atoms in total. The Morgan fingerprint density at radius 2 is 1.86 bits per heavy atom. The van der Waals surface area contributed by atoms with Gasteiger partial charge in [0.15, 0.2) is 5.82 Å². The van der Waals surface area contributed by atoms with E-state index >= 15 is 0 Å². The monoisotopic (exact) mass is 336 g/mol. The SMILES string of the molecule is Cl.Fc1ccc(CC2NCCn3c2nnc3C(F)(F)F)cc1. The second-order valence-electron chi connectivity index (χ2n) is 4.87. The number of alkyl halides is 3. The number of benzene rings is 1. The molecule has 2 heterocycles. The number of rotatable bonds is 2. The van der Waals surface area contributed by atoms with Gasteiger partial charge in [0.25, 0.3) is 0 Å². The highest BCUT2D eigenvalue weighted by Gasteiger charge is 2.40. The molecule has 1 aromatic carbocycles. The van der Waals surface area contributed by atoms with Crippen molar-refractivity contribution >= 4 is 12.4 Å². The lowest BCUT2D eigenvalue weighted by molar-refractivity contribution is -0.147. The minimum Gasteiger partial charge on any atom is -0.305 e. The molecule has 0 fully saturated rings. The topological polar surface area (TPSA) is 42.7 Å². The highest BCUT2D eigenvalue weighted by molar-refractivity contribution is 5.85. The number of aromatic nitrogens is 3. The lowest BCUT2D eigenvalue weighted by Crippen LogP contribution is -2.36. The van der Waals surface area contributed by atoms with Crippen LogP contribution in [-0.4, -0.2) is 21.3 Å². The summed E-state index contributed by atoms with van der Waals surface area (Å²) in [6.07, 6.45) is -4.08. The van der Waals surface area contributed by atoms with Gasteiger partial charge in [-0.3, -0.25) is 0 Å². The summed E-state index contributed by atoms with van der Waals surface area (Å²) >= 11 is 0. The van der Waals surface area contributed by atoms with E-state index in [-0.39, 0.29) is 36.6 Å². The van der Waals surface area contributed by atoms with E-state index in [1.807, 2.05) is 0 Å². The summed E-state index contributed by atoms with van der Waals surface area (Å²) in [5.74, 6) is -1.06. The van der Waals surface area contributed by atoms with Crippen LogP contribution >= 0.6 is 12.4 Å². The maximum absolute atomic E-state index is 12.9. The van der Waals surface area contributed by atoms with Gasteiger partial charge >= 0.3 is 6.18 Å². The second-order valence-corrected chi connectivity index (χ2v) is 4.87. The van der Waals surface area contributed by atoms with E-state index < -0.39 is 12.0 Å². The third kappa shape index (κ3) is 3.22. The Hall–Kier alpha value is -1.67. The van der Waals surface area contributed by atoms with Gasteiger partial charge < -0.3 is 9.88 Å². The fourth-order valence-electron chi connectivity index (χ4n) is 2.46. The molecule has 0 saturated heterocycles. The van der Waals surface area contributed by atoms with Gasteiger partial charge in [-0.25, -0.2) is 4.39 Å². The van der Waals surface area contributed by atoms with Gasteiger partial charge in [0.05, 0.1) is 6.04 Å². The molecule has 0 bridgehead atoms. The van der Waals surface area contributed by atoms with Gasteiger partial charge in [-0.2, -0.15) is 13.2 Å². The number of fused-ring (bicyclic) bond motifs is 1. The number of nitrogens with one attached hydrogen (secondary N) is 1. The molecule has 120 valence electrons. The Morgan fingerprint density at radius 1 is 1.18 bits per heavy atom. The number of nitrogens with zero attached hydrogens (tertiary/aromatic N) is 3. The fourth-order valence-corrected chi connectivity index (χ4v) is 2.46. The van der Waals surface area contributed by atoms with Crippen LogP contribution < -0.4 is 5.32 Å². The van der Waals surface area contributed by atoms with Gasteiger partial charge in [-0.1, -0.05) is 12.1 Å².